The summed E-state index contributed by atoms with van der Waals surface area (Å²) in [5, 5.41) is 3.02. The van der Waals surface area contributed by atoms with Gasteiger partial charge in [-0.15, -0.1) is 12.4 Å². The number of carbonyl (C=O) groups excluding carboxylic acids is 1. The van der Waals surface area contributed by atoms with Crippen LogP contribution in [0.1, 0.15) is 28.7 Å². The normalized spacial score (nSPS) is 9.95. The molecule has 2 aromatic rings. The van der Waals surface area contributed by atoms with Crippen LogP contribution in [0.25, 0.3) is 0 Å². The molecule has 0 fully saturated rings. The Morgan fingerprint density at radius 3 is 2.27 bits per heavy atom. The van der Waals surface area contributed by atoms with Crippen molar-refractivity contribution in [2.24, 2.45) is 0 Å². The second-order valence-electron chi connectivity index (χ2n) is 5.52. The Labute approximate surface area is 138 Å². The van der Waals surface area contributed by atoms with E-state index < -0.39 is 0 Å². The molecule has 22 heavy (non-hydrogen) atoms. The van der Waals surface area contributed by atoms with E-state index in [1.165, 1.54) is 5.56 Å². The third-order valence-corrected chi connectivity index (χ3v) is 3.62. The number of nitrogens with one attached hydrogen (secondary N) is 1. The number of rotatable bonds is 4. The molecular formula is C18H23ClN2O. The molecule has 2 rings (SSSR count). The lowest BCUT2D eigenvalue weighted by molar-refractivity contribution is -0.116. The van der Waals surface area contributed by atoms with Gasteiger partial charge in [-0.25, -0.2) is 0 Å². The molecule has 0 spiro atoms. The van der Waals surface area contributed by atoms with Crippen molar-refractivity contribution in [2.45, 2.75) is 33.6 Å². The number of amides is 1. The molecule has 0 radical (unpaired) electrons. The predicted octanol–water partition coefficient (Wildman–Crippen LogP) is 4.19. The average Bonchev–Trinajstić information content (AvgIpc) is 2.42. The zero-order valence-electron chi connectivity index (χ0n) is 13.3. The fourth-order valence-electron chi connectivity index (χ4n) is 2.59. The van der Waals surface area contributed by atoms with E-state index in [0.29, 0.717) is 12.8 Å². The molecule has 0 unspecified atom stereocenters. The van der Waals surface area contributed by atoms with Gasteiger partial charge in [-0.1, -0.05) is 35.9 Å². The number of hydrogen-bond donors (Lipinski definition) is 2. The fourth-order valence-corrected chi connectivity index (χ4v) is 2.59. The average molecular weight is 319 g/mol. The van der Waals surface area contributed by atoms with Crippen LogP contribution in [0.5, 0.6) is 0 Å². The first-order valence-corrected chi connectivity index (χ1v) is 7.18. The standard InChI is InChI=1S/C18H22N2O.ClH/c1-12-10-13(2)18(14(3)11-12)20-17(21)9-8-15-6-4-5-7-16(15)19;/h4-7,10-11H,8-9,19H2,1-3H3,(H,20,21);1H. The molecule has 118 valence electrons. The van der Waals surface area contributed by atoms with Crippen LogP contribution in [-0.4, -0.2) is 5.91 Å². The van der Waals surface area contributed by atoms with Gasteiger partial charge in [0.05, 0.1) is 0 Å². The zero-order chi connectivity index (χ0) is 15.4. The van der Waals surface area contributed by atoms with Crippen molar-refractivity contribution in [2.75, 3.05) is 11.1 Å². The quantitative estimate of drug-likeness (QED) is 0.831. The minimum atomic E-state index is 0. The number of carbonyl (C=O) groups is 1. The molecule has 0 aliphatic heterocycles. The minimum absolute atomic E-state index is 0. The summed E-state index contributed by atoms with van der Waals surface area (Å²) in [6.07, 6.45) is 1.09. The van der Waals surface area contributed by atoms with Crippen molar-refractivity contribution in [1.82, 2.24) is 0 Å². The van der Waals surface area contributed by atoms with Gasteiger partial charge in [0.2, 0.25) is 5.91 Å². The molecule has 0 aliphatic carbocycles. The summed E-state index contributed by atoms with van der Waals surface area (Å²) in [4.78, 5) is 12.1. The third kappa shape index (κ3) is 4.50. The van der Waals surface area contributed by atoms with Gasteiger partial charge < -0.3 is 11.1 Å². The number of nitrogen functional groups attached to an aromatic ring is 1. The SMILES string of the molecule is Cc1cc(C)c(NC(=O)CCc2ccccc2N)c(C)c1.Cl. The van der Waals surface area contributed by atoms with Gasteiger partial charge in [-0.3, -0.25) is 4.79 Å². The van der Waals surface area contributed by atoms with Gasteiger partial charge in [0.1, 0.15) is 0 Å². The molecule has 0 saturated heterocycles. The molecule has 3 nitrogen and oxygen atoms in total. The van der Waals surface area contributed by atoms with Crippen LogP contribution in [0.3, 0.4) is 0 Å². The van der Waals surface area contributed by atoms with E-state index in [4.69, 9.17) is 5.73 Å². The van der Waals surface area contributed by atoms with Crippen LogP contribution in [-0.2, 0) is 11.2 Å². The Bertz CT molecular complexity index is 645. The van der Waals surface area contributed by atoms with E-state index in [1.54, 1.807) is 0 Å². The summed E-state index contributed by atoms with van der Waals surface area (Å²) in [6, 6.07) is 11.8. The maximum absolute atomic E-state index is 12.1. The van der Waals surface area contributed by atoms with E-state index in [1.807, 2.05) is 38.1 Å². The van der Waals surface area contributed by atoms with Gasteiger partial charge in [-0.05, 0) is 49.9 Å². The van der Waals surface area contributed by atoms with E-state index >= 15 is 0 Å². The first-order valence-electron chi connectivity index (χ1n) is 7.18. The van der Waals surface area contributed by atoms with Crippen molar-refractivity contribution < 1.29 is 4.79 Å². The summed E-state index contributed by atoms with van der Waals surface area (Å²) >= 11 is 0. The second-order valence-corrected chi connectivity index (χ2v) is 5.52. The maximum Gasteiger partial charge on any atom is 0.224 e. The van der Waals surface area contributed by atoms with E-state index in [9.17, 15) is 4.79 Å². The van der Waals surface area contributed by atoms with Crippen molar-refractivity contribution in [3.8, 4) is 0 Å². The molecule has 1 amide bonds. The summed E-state index contributed by atoms with van der Waals surface area (Å²) in [5.74, 6) is 0.0216. The molecule has 0 bridgehead atoms. The van der Waals surface area contributed by atoms with E-state index in [0.717, 1.165) is 28.1 Å². The molecule has 0 atom stereocenters. The molecule has 0 aromatic heterocycles. The highest BCUT2D eigenvalue weighted by molar-refractivity contribution is 5.92. The molecule has 0 heterocycles. The molecule has 4 heteroatoms. The number of benzene rings is 2. The first-order chi connectivity index (χ1) is 9.97. The lowest BCUT2D eigenvalue weighted by Crippen LogP contribution is -2.14. The number of para-hydroxylation sites is 1. The number of aryl methyl sites for hydroxylation is 4. The van der Waals surface area contributed by atoms with Crippen molar-refractivity contribution in [1.29, 1.82) is 0 Å². The third-order valence-electron chi connectivity index (χ3n) is 3.62. The van der Waals surface area contributed by atoms with Gasteiger partial charge in [-0.2, -0.15) is 0 Å². The monoisotopic (exact) mass is 318 g/mol. The Kier molecular flexibility index (Phi) is 6.44. The van der Waals surface area contributed by atoms with Crippen LogP contribution >= 0.6 is 12.4 Å². The van der Waals surface area contributed by atoms with E-state index in [-0.39, 0.29) is 18.3 Å². The van der Waals surface area contributed by atoms with Crippen LogP contribution in [0.2, 0.25) is 0 Å². The van der Waals surface area contributed by atoms with Crippen LogP contribution in [0.4, 0.5) is 11.4 Å². The highest BCUT2D eigenvalue weighted by Crippen LogP contribution is 2.22. The second kappa shape index (κ2) is 7.85. The number of nitrogens with two attached hydrogens (primary N) is 1. The highest BCUT2D eigenvalue weighted by atomic mass is 35.5. The number of anilines is 2. The summed E-state index contributed by atoms with van der Waals surface area (Å²) < 4.78 is 0. The fraction of sp³-hybridized carbons (Fsp3) is 0.278. The molecule has 0 aliphatic rings. The van der Waals surface area contributed by atoms with E-state index in [2.05, 4.69) is 24.4 Å². The van der Waals surface area contributed by atoms with Crippen molar-refractivity contribution in [3.05, 3.63) is 58.7 Å². The van der Waals surface area contributed by atoms with Crippen LogP contribution in [0.15, 0.2) is 36.4 Å². The van der Waals surface area contributed by atoms with Gasteiger partial charge in [0, 0.05) is 17.8 Å². The molecular weight excluding hydrogens is 296 g/mol. The zero-order valence-corrected chi connectivity index (χ0v) is 14.1. The molecule has 3 N–H and O–H groups in total. The lowest BCUT2D eigenvalue weighted by Gasteiger charge is -2.13. The maximum atomic E-state index is 12.1. The number of hydrogen-bond acceptors (Lipinski definition) is 2. The Morgan fingerprint density at radius 1 is 1.09 bits per heavy atom. The summed E-state index contributed by atoms with van der Waals surface area (Å²) in [7, 11) is 0. The smallest absolute Gasteiger partial charge is 0.224 e. The molecule has 0 saturated carbocycles. The first kappa shape index (κ1) is 18.1. The van der Waals surface area contributed by atoms with Crippen LogP contribution < -0.4 is 11.1 Å². The topological polar surface area (TPSA) is 55.1 Å². The number of halogens is 1. The predicted molar refractivity (Wildman–Crippen MR) is 95.7 cm³/mol. The van der Waals surface area contributed by atoms with Crippen molar-refractivity contribution in [3.63, 3.8) is 0 Å². The Hall–Kier alpha value is -2.00. The summed E-state index contributed by atoms with van der Waals surface area (Å²) in [6.45, 7) is 6.10. The Morgan fingerprint density at radius 2 is 1.68 bits per heavy atom. The Balaban J connectivity index is 0.00000242. The van der Waals surface area contributed by atoms with Gasteiger partial charge in [0.25, 0.3) is 0 Å². The van der Waals surface area contributed by atoms with Crippen LogP contribution in [0, 0.1) is 20.8 Å². The van der Waals surface area contributed by atoms with Gasteiger partial charge in [0.15, 0.2) is 0 Å². The molecule has 2 aromatic carbocycles. The lowest BCUT2D eigenvalue weighted by atomic mass is 10.0. The van der Waals surface area contributed by atoms with Gasteiger partial charge >= 0.3 is 0 Å². The summed E-state index contributed by atoms with van der Waals surface area (Å²) in [5.41, 5.74) is 12.0. The van der Waals surface area contributed by atoms with Crippen molar-refractivity contribution >= 4 is 29.7 Å². The largest absolute Gasteiger partial charge is 0.399 e. The highest BCUT2D eigenvalue weighted by Gasteiger charge is 2.09. The minimum Gasteiger partial charge on any atom is -0.399 e.